The van der Waals surface area contributed by atoms with Gasteiger partial charge in [-0.1, -0.05) is 20.8 Å². The Morgan fingerprint density at radius 3 is 2.13 bits per heavy atom. The average molecular weight is 228 g/mol. The molecule has 3 atom stereocenters. The summed E-state index contributed by atoms with van der Waals surface area (Å²) in [7, 11) is -1.34. The van der Waals surface area contributed by atoms with Crippen molar-refractivity contribution in [1.29, 1.82) is 0 Å². The third-order valence-corrected chi connectivity index (χ3v) is 4.59. The lowest BCUT2D eigenvalue weighted by molar-refractivity contribution is 0.0602. The van der Waals surface area contributed by atoms with Crippen molar-refractivity contribution in [1.82, 2.24) is 0 Å². The van der Waals surface area contributed by atoms with Crippen molar-refractivity contribution in [3.05, 3.63) is 0 Å². The molecule has 3 unspecified atom stereocenters. The molecule has 0 N–H and O–H groups in total. The van der Waals surface area contributed by atoms with Crippen molar-refractivity contribution in [3.8, 4) is 0 Å². The Balaban J connectivity index is 2.46. The molecule has 0 aromatic rings. The summed E-state index contributed by atoms with van der Waals surface area (Å²) in [6, 6.07) is 0. The van der Waals surface area contributed by atoms with Crippen LogP contribution >= 0.6 is 0 Å². The molecular weight excluding hydrogens is 200 g/mol. The Morgan fingerprint density at radius 2 is 1.73 bits per heavy atom. The maximum Gasteiger partial charge on any atom is 0.184 e. The van der Waals surface area contributed by atoms with Crippen molar-refractivity contribution >= 4 is 8.32 Å². The molecule has 0 spiro atoms. The lowest BCUT2D eigenvalue weighted by atomic mass is 9.75. The van der Waals surface area contributed by atoms with Crippen molar-refractivity contribution in [2.45, 2.75) is 65.8 Å². The first-order valence-corrected chi connectivity index (χ1v) is 9.88. The quantitative estimate of drug-likeness (QED) is 0.655. The highest BCUT2D eigenvalue weighted by Gasteiger charge is 2.32. The molecule has 0 amide bonds. The minimum atomic E-state index is -1.34. The number of hydrogen-bond donors (Lipinski definition) is 0. The van der Waals surface area contributed by atoms with Crippen molar-refractivity contribution in [3.63, 3.8) is 0 Å². The molecule has 0 radical (unpaired) electrons. The summed E-state index contributed by atoms with van der Waals surface area (Å²) in [6.07, 6.45) is 4.57. The third-order valence-electron chi connectivity index (χ3n) is 3.58. The fourth-order valence-corrected chi connectivity index (χ4v) is 3.90. The molecular formula is C13H28OSi. The van der Waals surface area contributed by atoms with E-state index >= 15 is 0 Å². The molecule has 1 nitrogen and oxygen atoms in total. The van der Waals surface area contributed by atoms with Gasteiger partial charge in [0.05, 0.1) is 0 Å². The molecule has 1 fully saturated rings. The van der Waals surface area contributed by atoms with Crippen LogP contribution in [0.3, 0.4) is 0 Å². The second kappa shape index (κ2) is 5.01. The van der Waals surface area contributed by atoms with Gasteiger partial charge in [-0.15, -0.1) is 0 Å². The topological polar surface area (TPSA) is 9.23 Å². The number of rotatable bonds is 3. The fourth-order valence-electron chi connectivity index (χ4n) is 2.64. The molecule has 1 saturated carbocycles. The predicted molar refractivity (Wildman–Crippen MR) is 69.6 cm³/mol. The van der Waals surface area contributed by atoms with Gasteiger partial charge >= 0.3 is 0 Å². The van der Waals surface area contributed by atoms with Crippen LogP contribution in [-0.2, 0) is 4.43 Å². The molecule has 2 heteroatoms. The first kappa shape index (κ1) is 13.2. The standard InChI is InChI=1S/C13H28OSi/c1-10(2)12-7-8-13(11(3)9-12)14-15(4,5)6/h10-13H,7-9H2,1-6H3. The van der Waals surface area contributed by atoms with E-state index in [9.17, 15) is 0 Å². The Hall–Kier alpha value is 0.177. The Bertz CT molecular complexity index is 195. The lowest BCUT2D eigenvalue weighted by Crippen LogP contribution is -2.39. The van der Waals surface area contributed by atoms with E-state index in [0.717, 1.165) is 17.8 Å². The summed E-state index contributed by atoms with van der Waals surface area (Å²) >= 11 is 0. The minimum Gasteiger partial charge on any atom is -0.414 e. The van der Waals surface area contributed by atoms with Crippen LogP contribution in [0.2, 0.25) is 19.6 Å². The monoisotopic (exact) mass is 228 g/mol. The van der Waals surface area contributed by atoms with Gasteiger partial charge in [-0.3, -0.25) is 0 Å². The van der Waals surface area contributed by atoms with Gasteiger partial charge in [-0.05, 0) is 56.7 Å². The minimum absolute atomic E-state index is 0.548. The highest BCUT2D eigenvalue weighted by molar-refractivity contribution is 6.69. The van der Waals surface area contributed by atoms with Gasteiger partial charge in [-0.2, -0.15) is 0 Å². The zero-order valence-electron chi connectivity index (χ0n) is 11.3. The van der Waals surface area contributed by atoms with Crippen LogP contribution in [0, 0.1) is 17.8 Å². The Kier molecular flexibility index (Phi) is 4.42. The smallest absolute Gasteiger partial charge is 0.184 e. The van der Waals surface area contributed by atoms with E-state index in [4.69, 9.17) is 4.43 Å². The fraction of sp³-hybridized carbons (Fsp3) is 1.00. The van der Waals surface area contributed by atoms with E-state index in [1.807, 2.05) is 0 Å². The van der Waals surface area contributed by atoms with Crippen LogP contribution in [0.15, 0.2) is 0 Å². The van der Waals surface area contributed by atoms with E-state index in [1.54, 1.807) is 0 Å². The summed E-state index contributed by atoms with van der Waals surface area (Å²) in [5, 5.41) is 0. The van der Waals surface area contributed by atoms with Gasteiger partial charge in [-0.25, -0.2) is 0 Å². The van der Waals surface area contributed by atoms with Crippen LogP contribution in [0.25, 0.3) is 0 Å². The third kappa shape index (κ3) is 4.27. The second-order valence-electron chi connectivity index (χ2n) is 6.56. The molecule has 1 rings (SSSR count). The van der Waals surface area contributed by atoms with Crippen LogP contribution in [0.4, 0.5) is 0 Å². The van der Waals surface area contributed by atoms with E-state index in [-0.39, 0.29) is 0 Å². The van der Waals surface area contributed by atoms with E-state index in [2.05, 4.69) is 40.4 Å². The Labute approximate surface area is 96.7 Å². The van der Waals surface area contributed by atoms with E-state index in [0.29, 0.717) is 6.10 Å². The van der Waals surface area contributed by atoms with Crippen LogP contribution in [-0.4, -0.2) is 14.4 Å². The molecule has 0 saturated heterocycles. The summed E-state index contributed by atoms with van der Waals surface area (Å²) < 4.78 is 6.26. The van der Waals surface area contributed by atoms with Gasteiger partial charge < -0.3 is 4.43 Å². The highest BCUT2D eigenvalue weighted by atomic mass is 28.4. The first-order valence-electron chi connectivity index (χ1n) is 6.47. The van der Waals surface area contributed by atoms with Gasteiger partial charge in [0.1, 0.15) is 0 Å². The van der Waals surface area contributed by atoms with Gasteiger partial charge in [0, 0.05) is 6.10 Å². The normalized spacial score (nSPS) is 33.4. The molecule has 1 aliphatic carbocycles. The molecule has 0 heterocycles. The zero-order valence-corrected chi connectivity index (χ0v) is 12.3. The maximum absolute atomic E-state index is 6.26. The summed E-state index contributed by atoms with van der Waals surface area (Å²) in [5.74, 6) is 2.54. The van der Waals surface area contributed by atoms with E-state index in [1.165, 1.54) is 19.3 Å². The van der Waals surface area contributed by atoms with Crippen LogP contribution in [0.1, 0.15) is 40.0 Å². The van der Waals surface area contributed by atoms with Gasteiger partial charge in [0.25, 0.3) is 0 Å². The average Bonchev–Trinajstić information content (AvgIpc) is 2.05. The zero-order chi connectivity index (χ0) is 11.6. The SMILES string of the molecule is CC(C)C1CCC(O[Si](C)(C)C)C(C)C1. The lowest BCUT2D eigenvalue weighted by Gasteiger charge is -2.39. The summed E-state index contributed by atoms with van der Waals surface area (Å²) in [4.78, 5) is 0. The first-order chi connectivity index (χ1) is 6.79. The largest absolute Gasteiger partial charge is 0.414 e. The van der Waals surface area contributed by atoms with Crippen LogP contribution < -0.4 is 0 Å². The molecule has 0 aromatic heterocycles. The molecule has 0 bridgehead atoms. The Morgan fingerprint density at radius 1 is 1.13 bits per heavy atom. The number of hydrogen-bond acceptors (Lipinski definition) is 1. The molecule has 0 aliphatic heterocycles. The maximum atomic E-state index is 6.26. The molecule has 90 valence electrons. The van der Waals surface area contributed by atoms with Crippen molar-refractivity contribution in [2.24, 2.45) is 17.8 Å². The molecule has 0 aromatic carbocycles. The van der Waals surface area contributed by atoms with Crippen LogP contribution in [0.5, 0.6) is 0 Å². The van der Waals surface area contributed by atoms with E-state index < -0.39 is 8.32 Å². The van der Waals surface area contributed by atoms with Crippen molar-refractivity contribution < 1.29 is 4.43 Å². The van der Waals surface area contributed by atoms with Gasteiger partial charge in [0.2, 0.25) is 0 Å². The predicted octanol–water partition coefficient (Wildman–Crippen LogP) is 4.30. The summed E-state index contributed by atoms with van der Waals surface area (Å²) in [6.45, 7) is 14.0. The molecule has 15 heavy (non-hydrogen) atoms. The second-order valence-corrected chi connectivity index (χ2v) is 11.0. The van der Waals surface area contributed by atoms with Crippen molar-refractivity contribution in [2.75, 3.05) is 0 Å². The highest BCUT2D eigenvalue weighted by Crippen LogP contribution is 2.36. The molecule has 1 aliphatic rings. The van der Waals surface area contributed by atoms with Gasteiger partial charge in [0.15, 0.2) is 8.32 Å². The summed E-state index contributed by atoms with van der Waals surface area (Å²) in [5.41, 5.74) is 0.